The van der Waals surface area contributed by atoms with Crippen molar-refractivity contribution in [2.24, 2.45) is 0 Å². The van der Waals surface area contributed by atoms with Gasteiger partial charge in [0, 0.05) is 39.9 Å². The smallest absolute Gasteiger partial charge is 0.161 e. The topological polar surface area (TPSA) is 37.8 Å². The number of benzene rings is 1. The van der Waals surface area contributed by atoms with E-state index in [0.29, 0.717) is 0 Å². The minimum absolute atomic E-state index is 0.252. The molecule has 1 aliphatic rings. The van der Waals surface area contributed by atoms with Crippen LogP contribution in [0.25, 0.3) is 0 Å². The molecular formula is C20H27N3O2. The van der Waals surface area contributed by atoms with Crippen LogP contribution in [0.2, 0.25) is 0 Å². The van der Waals surface area contributed by atoms with E-state index in [1.54, 1.807) is 7.11 Å². The number of likely N-dealkylation sites (tertiary alicyclic amines) is 1. The number of pyridine rings is 1. The molecule has 0 amide bonds. The summed E-state index contributed by atoms with van der Waals surface area (Å²) >= 11 is 0. The molecule has 0 atom stereocenters. The molecule has 0 spiro atoms. The van der Waals surface area contributed by atoms with E-state index in [-0.39, 0.29) is 6.10 Å². The molecule has 1 saturated heterocycles. The zero-order valence-electron chi connectivity index (χ0n) is 15.3. The largest absolute Gasteiger partial charge is 0.493 e. The molecule has 0 unspecified atom stereocenters. The van der Waals surface area contributed by atoms with Crippen molar-refractivity contribution in [2.45, 2.75) is 25.5 Å². The molecule has 0 bridgehead atoms. The maximum absolute atomic E-state index is 6.15. The molecule has 0 N–H and O–H groups in total. The summed E-state index contributed by atoms with van der Waals surface area (Å²) < 4.78 is 11.5. The Labute approximate surface area is 150 Å². The molecule has 0 saturated carbocycles. The Hall–Kier alpha value is -2.27. The van der Waals surface area contributed by atoms with Gasteiger partial charge in [0.25, 0.3) is 0 Å². The highest BCUT2D eigenvalue weighted by Gasteiger charge is 2.21. The third kappa shape index (κ3) is 4.63. The highest BCUT2D eigenvalue weighted by atomic mass is 16.5. The summed E-state index contributed by atoms with van der Waals surface area (Å²) in [5, 5.41) is 0. The summed E-state index contributed by atoms with van der Waals surface area (Å²) in [4.78, 5) is 8.98. The molecule has 2 aromatic rings. The fourth-order valence-corrected chi connectivity index (χ4v) is 3.11. The first-order valence-corrected chi connectivity index (χ1v) is 8.80. The van der Waals surface area contributed by atoms with Crippen molar-refractivity contribution in [1.29, 1.82) is 0 Å². The van der Waals surface area contributed by atoms with E-state index in [2.05, 4.69) is 22.0 Å². The normalized spacial score (nSPS) is 15.8. The lowest BCUT2D eigenvalue weighted by Gasteiger charge is -2.32. The van der Waals surface area contributed by atoms with E-state index in [0.717, 1.165) is 49.8 Å². The van der Waals surface area contributed by atoms with Crippen molar-refractivity contribution in [1.82, 2.24) is 9.88 Å². The van der Waals surface area contributed by atoms with Gasteiger partial charge in [0.05, 0.1) is 7.11 Å². The minimum atomic E-state index is 0.252. The van der Waals surface area contributed by atoms with Crippen LogP contribution < -0.4 is 14.4 Å². The van der Waals surface area contributed by atoms with Gasteiger partial charge in [-0.3, -0.25) is 4.90 Å². The number of piperidine rings is 1. The van der Waals surface area contributed by atoms with Gasteiger partial charge in [-0.1, -0.05) is 18.2 Å². The number of hydrogen-bond donors (Lipinski definition) is 0. The van der Waals surface area contributed by atoms with Crippen LogP contribution in [0.4, 0.5) is 5.82 Å². The summed E-state index contributed by atoms with van der Waals surface area (Å²) in [6.45, 7) is 3.02. The summed E-state index contributed by atoms with van der Waals surface area (Å²) in [5.41, 5.74) is 1.26. The summed E-state index contributed by atoms with van der Waals surface area (Å²) in [6.07, 6.45) is 4.29. The quantitative estimate of drug-likeness (QED) is 0.807. The summed E-state index contributed by atoms with van der Waals surface area (Å²) in [6, 6.07) is 12.1. The predicted octanol–water partition coefficient (Wildman–Crippen LogP) is 3.20. The van der Waals surface area contributed by atoms with Gasteiger partial charge in [0.2, 0.25) is 0 Å². The van der Waals surface area contributed by atoms with Crippen molar-refractivity contribution in [3.05, 3.63) is 48.2 Å². The zero-order chi connectivity index (χ0) is 17.6. The van der Waals surface area contributed by atoms with Crippen LogP contribution in [0.1, 0.15) is 18.4 Å². The van der Waals surface area contributed by atoms with Gasteiger partial charge in [0.1, 0.15) is 11.9 Å². The molecule has 134 valence electrons. The highest BCUT2D eigenvalue weighted by Crippen LogP contribution is 2.29. The van der Waals surface area contributed by atoms with Crippen LogP contribution in [0.5, 0.6) is 11.5 Å². The van der Waals surface area contributed by atoms with Crippen molar-refractivity contribution >= 4 is 5.82 Å². The first kappa shape index (κ1) is 17.5. The molecule has 2 heterocycles. The third-order valence-electron chi connectivity index (χ3n) is 4.57. The summed E-state index contributed by atoms with van der Waals surface area (Å²) in [7, 11) is 5.70. The van der Waals surface area contributed by atoms with Gasteiger partial charge in [-0.25, -0.2) is 4.98 Å². The average molecular weight is 341 g/mol. The zero-order valence-corrected chi connectivity index (χ0v) is 15.3. The molecule has 5 nitrogen and oxygen atoms in total. The van der Waals surface area contributed by atoms with Crippen molar-refractivity contribution in [3.8, 4) is 11.5 Å². The number of rotatable bonds is 6. The Morgan fingerprint density at radius 3 is 2.40 bits per heavy atom. The third-order valence-corrected chi connectivity index (χ3v) is 4.57. The van der Waals surface area contributed by atoms with Crippen molar-refractivity contribution < 1.29 is 9.47 Å². The number of aromatic nitrogens is 1. The van der Waals surface area contributed by atoms with Gasteiger partial charge in [0.15, 0.2) is 11.5 Å². The number of hydrogen-bond acceptors (Lipinski definition) is 5. The Morgan fingerprint density at radius 2 is 1.80 bits per heavy atom. The van der Waals surface area contributed by atoms with E-state index in [9.17, 15) is 0 Å². The second-order valence-corrected chi connectivity index (χ2v) is 6.66. The van der Waals surface area contributed by atoms with E-state index < -0.39 is 0 Å². The Morgan fingerprint density at radius 1 is 1.08 bits per heavy atom. The molecule has 0 aliphatic carbocycles. The molecular weight excluding hydrogens is 314 g/mol. The second-order valence-electron chi connectivity index (χ2n) is 6.66. The number of ether oxygens (including phenoxy) is 2. The average Bonchev–Trinajstić information content (AvgIpc) is 2.64. The maximum atomic E-state index is 6.15. The van der Waals surface area contributed by atoms with Crippen LogP contribution in [0.15, 0.2) is 42.6 Å². The Kier molecular flexibility index (Phi) is 5.76. The molecule has 1 fully saturated rings. The van der Waals surface area contributed by atoms with Crippen LogP contribution in [-0.2, 0) is 6.54 Å². The van der Waals surface area contributed by atoms with Crippen molar-refractivity contribution in [3.63, 3.8) is 0 Å². The van der Waals surface area contributed by atoms with E-state index in [1.165, 1.54) is 5.56 Å². The fourth-order valence-electron chi connectivity index (χ4n) is 3.11. The Balaban J connectivity index is 1.50. The molecule has 0 radical (unpaired) electrons. The van der Waals surface area contributed by atoms with E-state index >= 15 is 0 Å². The monoisotopic (exact) mass is 341 g/mol. The molecule has 1 aliphatic heterocycles. The van der Waals surface area contributed by atoms with Gasteiger partial charge in [-0.15, -0.1) is 0 Å². The molecule has 1 aromatic heterocycles. The van der Waals surface area contributed by atoms with Crippen LogP contribution in [0.3, 0.4) is 0 Å². The lowest BCUT2D eigenvalue weighted by Crippen LogP contribution is -2.37. The van der Waals surface area contributed by atoms with Gasteiger partial charge < -0.3 is 14.4 Å². The predicted molar refractivity (Wildman–Crippen MR) is 100 cm³/mol. The van der Waals surface area contributed by atoms with Crippen molar-refractivity contribution in [2.75, 3.05) is 39.2 Å². The molecule has 1 aromatic carbocycles. The number of para-hydroxylation sites is 2. The van der Waals surface area contributed by atoms with Gasteiger partial charge in [-0.2, -0.15) is 0 Å². The second kappa shape index (κ2) is 8.21. The molecule has 5 heteroatoms. The number of anilines is 1. The SMILES string of the molecule is COc1ccccc1OC1CCN(Cc2ccc(N(C)C)nc2)CC1. The minimum Gasteiger partial charge on any atom is -0.493 e. The van der Waals surface area contributed by atoms with Gasteiger partial charge >= 0.3 is 0 Å². The van der Waals surface area contributed by atoms with Crippen LogP contribution in [-0.4, -0.2) is 50.3 Å². The Bertz CT molecular complexity index is 665. The van der Waals surface area contributed by atoms with Gasteiger partial charge in [-0.05, 0) is 36.6 Å². The number of methoxy groups -OCH3 is 1. The highest BCUT2D eigenvalue weighted by molar-refractivity contribution is 5.39. The maximum Gasteiger partial charge on any atom is 0.161 e. The first-order valence-electron chi connectivity index (χ1n) is 8.80. The fraction of sp³-hybridized carbons (Fsp3) is 0.450. The van der Waals surface area contributed by atoms with E-state index in [4.69, 9.17) is 9.47 Å². The van der Waals surface area contributed by atoms with Crippen LogP contribution >= 0.6 is 0 Å². The molecule has 3 rings (SSSR count). The number of nitrogens with zero attached hydrogens (tertiary/aromatic N) is 3. The first-order chi connectivity index (χ1) is 12.2. The van der Waals surface area contributed by atoms with Crippen LogP contribution in [0, 0.1) is 0 Å². The van der Waals surface area contributed by atoms with E-state index in [1.807, 2.05) is 49.5 Å². The molecule has 25 heavy (non-hydrogen) atoms. The standard InChI is InChI=1S/C20H27N3O2/c1-22(2)20-9-8-16(14-21-20)15-23-12-10-17(11-13-23)25-19-7-5-4-6-18(19)24-3/h4-9,14,17H,10-13,15H2,1-3H3. The summed E-state index contributed by atoms with van der Waals surface area (Å²) in [5.74, 6) is 2.64. The lowest BCUT2D eigenvalue weighted by atomic mass is 10.1. The lowest BCUT2D eigenvalue weighted by molar-refractivity contribution is 0.0943.